The molecule has 1 aliphatic rings. The third-order valence-corrected chi connectivity index (χ3v) is 4.19. The molecule has 0 bridgehead atoms. The number of ether oxygens (including phenoxy) is 1. The number of anilines is 1. The van der Waals surface area contributed by atoms with Gasteiger partial charge in [-0.25, -0.2) is 4.79 Å². The van der Waals surface area contributed by atoms with Crippen LogP contribution in [-0.2, 0) is 0 Å². The number of H-pyrrole nitrogens is 1. The number of nitrogens with two attached hydrogens (primary N) is 1. The van der Waals surface area contributed by atoms with Gasteiger partial charge < -0.3 is 14.9 Å². The molecular weight excluding hydrogens is 268 g/mol. The predicted molar refractivity (Wildman–Crippen MR) is 82.5 cm³/mol. The van der Waals surface area contributed by atoms with Crippen LogP contribution in [0.5, 0.6) is 5.75 Å². The maximum Gasteiger partial charge on any atom is 0.417 e. The van der Waals surface area contributed by atoms with Crippen molar-refractivity contribution in [3.8, 4) is 5.75 Å². The second kappa shape index (κ2) is 4.83. The van der Waals surface area contributed by atoms with Gasteiger partial charge in [0.25, 0.3) is 0 Å². The lowest BCUT2D eigenvalue weighted by Gasteiger charge is -2.39. The minimum atomic E-state index is -0.478. The van der Waals surface area contributed by atoms with E-state index in [0.29, 0.717) is 28.5 Å². The third kappa shape index (κ3) is 2.91. The number of nitrogens with one attached hydrogen (secondary N) is 1. The largest absolute Gasteiger partial charge is 0.488 e. The van der Waals surface area contributed by atoms with Gasteiger partial charge in [0.05, 0.1) is 17.3 Å². The van der Waals surface area contributed by atoms with E-state index in [0.717, 1.165) is 12.8 Å². The molecule has 0 amide bonds. The van der Waals surface area contributed by atoms with Crippen molar-refractivity contribution in [2.45, 2.75) is 46.1 Å². The van der Waals surface area contributed by atoms with Gasteiger partial charge in [0, 0.05) is 12.1 Å². The Morgan fingerprint density at radius 3 is 2.86 bits per heavy atom. The van der Waals surface area contributed by atoms with Gasteiger partial charge in [0.15, 0.2) is 5.58 Å². The van der Waals surface area contributed by atoms with Crippen LogP contribution in [0, 0.1) is 11.3 Å². The molecule has 0 saturated heterocycles. The van der Waals surface area contributed by atoms with Gasteiger partial charge in [-0.15, -0.1) is 0 Å². The van der Waals surface area contributed by atoms with E-state index in [9.17, 15) is 4.79 Å². The zero-order valence-corrected chi connectivity index (χ0v) is 12.7. The molecule has 1 saturated carbocycles. The lowest BCUT2D eigenvalue weighted by molar-refractivity contribution is 0.0568. The first kappa shape index (κ1) is 14.0. The van der Waals surface area contributed by atoms with Gasteiger partial charge in [-0.1, -0.05) is 20.8 Å². The van der Waals surface area contributed by atoms with E-state index in [4.69, 9.17) is 14.9 Å². The zero-order valence-electron chi connectivity index (χ0n) is 12.7. The van der Waals surface area contributed by atoms with Gasteiger partial charge in [-0.05, 0) is 30.6 Å². The lowest BCUT2D eigenvalue weighted by Crippen LogP contribution is -2.34. The molecule has 5 nitrogen and oxygen atoms in total. The summed E-state index contributed by atoms with van der Waals surface area (Å²) >= 11 is 0. The van der Waals surface area contributed by atoms with Crippen molar-refractivity contribution in [1.29, 1.82) is 0 Å². The fourth-order valence-electron chi connectivity index (χ4n) is 3.62. The van der Waals surface area contributed by atoms with Crippen molar-refractivity contribution in [2.75, 3.05) is 5.73 Å². The molecular formula is C16H22N2O3. The van der Waals surface area contributed by atoms with Gasteiger partial charge in [0.2, 0.25) is 0 Å². The van der Waals surface area contributed by atoms with E-state index < -0.39 is 5.76 Å². The summed E-state index contributed by atoms with van der Waals surface area (Å²) in [6.45, 7) is 6.82. The van der Waals surface area contributed by atoms with E-state index in [1.165, 1.54) is 6.42 Å². The van der Waals surface area contributed by atoms with Crippen LogP contribution < -0.4 is 16.2 Å². The van der Waals surface area contributed by atoms with E-state index in [1.807, 2.05) is 0 Å². The molecule has 0 radical (unpaired) electrons. The van der Waals surface area contributed by atoms with E-state index in [1.54, 1.807) is 12.1 Å². The molecule has 1 aromatic carbocycles. The zero-order chi connectivity index (χ0) is 15.2. The van der Waals surface area contributed by atoms with Crippen molar-refractivity contribution in [1.82, 2.24) is 4.98 Å². The minimum Gasteiger partial charge on any atom is -0.488 e. The topological polar surface area (TPSA) is 81.2 Å². The highest BCUT2D eigenvalue weighted by molar-refractivity contribution is 5.80. The molecule has 2 unspecified atom stereocenters. The van der Waals surface area contributed by atoms with Crippen LogP contribution >= 0.6 is 0 Å². The summed E-state index contributed by atoms with van der Waals surface area (Å²) in [5, 5.41) is 0. The Morgan fingerprint density at radius 1 is 1.38 bits per heavy atom. The van der Waals surface area contributed by atoms with Crippen molar-refractivity contribution >= 4 is 16.8 Å². The normalized spacial score (nSPS) is 25.1. The maximum absolute atomic E-state index is 11.2. The molecule has 21 heavy (non-hydrogen) atoms. The number of benzene rings is 1. The van der Waals surface area contributed by atoms with Crippen molar-refractivity contribution in [3.05, 3.63) is 22.7 Å². The molecule has 3 rings (SSSR count). The Hall–Kier alpha value is -1.91. The average Bonchev–Trinajstić information content (AvgIpc) is 2.66. The molecule has 1 aliphatic carbocycles. The summed E-state index contributed by atoms with van der Waals surface area (Å²) in [6.07, 6.45) is 3.41. The number of rotatable bonds is 2. The maximum atomic E-state index is 11.2. The molecule has 1 heterocycles. The summed E-state index contributed by atoms with van der Waals surface area (Å²) < 4.78 is 11.1. The highest BCUT2D eigenvalue weighted by atomic mass is 16.5. The van der Waals surface area contributed by atoms with Crippen LogP contribution in [0.15, 0.2) is 21.3 Å². The van der Waals surface area contributed by atoms with Gasteiger partial charge in [-0.2, -0.15) is 0 Å². The first-order chi connectivity index (χ1) is 9.82. The van der Waals surface area contributed by atoms with Crippen LogP contribution in [0.1, 0.15) is 40.0 Å². The molecule has 1 aromatic heterocycles. The van der Waals surface area contributed by atoms with Crippen LogP contribution in [0.3, 0.4) is 0 Å². The fourth-order valence-corrected chi connectivity index (χ4v) is 3.62. The minimum absolute atomic E-state index is 0.155. The number of aromatic amines is 1. The standard InChI is InChI=1S/C16H22N2O3/c1-9-4-10(8-16(2,3)7-9)20-13-6-12-14(5-11(13)17)21-15(19)18-12/h5-6,9-10H,4,7-8,17H2,1-3H3,(H,18,19). The molecule has 2 atom stereocenters. The monoisotopic (exact) mass is 290 g/mol. The Bertz CT molecular complexity index is 714. The van der Waals surface area contributed by atoms with Gasteiger partial charge in [-0.3, -0.25) is 4.98 Å². The number of oxazole rings is 1. The Labute approximate surface area is 123 Å². The van der Waals surface area contributed by atoms with Crippen LogP contribution in [0.2, 0.25) is 0 Å². The molecule has 114 valence electrons. The quantitative estimate of drug-likeness (QED) is 0.831. The Balaban J connectivity index is 1.87. The summed E-state index contributed by atoms with van der Waals surface area (Å²) in [7, 11) is 0. The smallest absolute Gasteiger partial charge is 0.417 e. The van der Waals surface area contributed by atoms with Crippen LogP contribution in [0.4, 0.5) is 5.69 Å². The molecule has 0 aliphatic heterocycles. The predicted octanol–water partition coefficient (Wildman–Crippen LogP) is 3.30. The average molecular weight is 290 g/mol. The Kier molecular flexibility index (Phi) is 3.23. The summed E-state index contributed by atoms with van der Waals surface area (Å²) in [5.74, 6) is 0.779. The SMILES string of the molecule is CC1CC(Oc2cc3[nH]c(=O)oc3cc2N)CC(C)(C)C1. The fraction of sp³-hybridized carbons (Fsp3) is 0.562. The van der Waals surface area contributed by atoms with E-state index >= 15 is 0 Å². The second-order valence-corrected chi connectivity index (χ2v) is 7.05. The van der Waals surface area contributed by atoms with Gasteiger partial charge >= 0.3 is 5.76 Å². The van der Waals surface area contributed by atoms with Crippen molar-refractivity contribution in [2.24, 2.45) is 11.3 Å². The molecule has 5 heteroatoms. The highest BCUT2D eigenvalue weighted by Gasteiger charge is 2.33. The molecule has 0 spiro atoms. The van der Waals surface area contributed by atoms with Crippen molar-refractivity contribution in [3.63, 3.8) is 0 Å². The Morgan fingerprint density at radius 2 is 2.14 bits per heavy atom. The van der Waals surface area contributed by atoms with Gasteiger partial charge in [0.1, 0.15) is 5.75 Å². The van der Waals surface area contributed by atoms with Crippen molar-refractivity contribution < 1.29 is 9.15 Å². The summed E-state index contributed by atoms with van der Waals surface area (Å²) in [6, 6.07) is 3.39. The highest BCUT2D eigenvalue weighted by Crippen LogP contribution is 2.41. The summed E-state index contributed by atoms with van der Waals surface area (Å²) in [5.41, 5.74) is 7.88. The first-order valence-corrected chi connectivity index (χ1v) is 7.41. The van der Waals surface area contributed by atoms with E-state index in [-0.39, 0.29) is 11.5 Å². The lowest BCUT2D eigenvalue weighted by atomic mass is 9.71. The van der Waals surface area contributed by atoms with Crippen LogP contribution in [0.25, 0.3) is 11.1 Å². The first-order valence-electron chi connectivity index (χ1n) is 7.41. The number of hydrogen-bond donors (Lipinski definition) is 2. The third-order valence-electron chi connectivity index (χ3n) is 4.19. The second-order valence-electron chi connectivity index (χ2n) is 7.05. The molecule has 1 fully saturated rings. The molecule has 2 aromatic rings. The number of fused-ring (bicyclic) bond motifs is 1. The summed E-state index contributed by atoms with van der Waals surface area (Å²) in [4.78, 5) is 13.9. The molecule has 3 N–H and O–H groups in total. The number of nitrogen functional groups attached to an aromatic ring is 1. The van der Waals surface area contributed by atoms with Crippen LogP contribution in [-0.4, -0.2) is 11.1 Å². The number of hydrogen-bond acceptors (Lipinski definition) is 4. The number of aromatic nitrogens is 1. The van der Waals surface area contributed by atoms with E-state index in [2.05, 4.69) is 25.8 Å².